The van der Waals surface area contributed by atoms with Crippen molar-refractivity contribution >= 4 is 39.3 Å². The summed E-state index contributed by atoms with van der Waals surface area (Å²) in [5, 5.41) is 2.94. The average molecular weight is 413 g/mol. The molecular weight excluding hydrogens is 388 g/mol. The van der Waals surface area contributed by atoms with Gasteiger partial charge in [-0.2, -0.15) is 4.31 Å². The number of hydrogen-bond acceptors (Lipinski definition) is 6. The summed E-state index contributed by atoms with van der Waals surface area (Å²) in [4.78, 5) is 24.8. The van der Waals surface area contributed by atoms with E-state index in [1.54, 1.807) is 30.8 Å². The SMILES string of the molecule is CCOC(=O)C1CCN(S(=O)(=O)c2ccc3c(c2)NC(=O)CC(C)S3)CC1. The minimum atomic E-state index is -3.68. The maximum atomic E-state index is 13.0. The smallest absolute Gasteiger partial charge is 0.309 e. The third kappa shape index (κ3) is 4.47. The van der Waals surface area contributed by atoms with E-state index < -0.39 is 10.0 Å². The number of rotatable bonds is 4. The Morgan fingerprint density at radius 1 is 1.33 bits per heavy atom. The molecule has 1 aromatic rings. The molecule has 1 unspecified atom stereocenters. The second-order valence-corrected chi connectivity index (χ2v) is 10.2. The van der Waals surface area contributed by atoms with Gasteiger partial charge in [0, 0.05) is 29.7 Å². The number of esters is 1. The van der Waals surface area contributed by atoms with Crippen LogP contribution in [-0.2, 0) is 24.3 Å². The van der Waals surface area contributed by atoms with Gasteiger partial charge < -0.3 is 10.1 Å². The van der Waals surface area contributed by atoms with Crippen molar-refractivity contribution in [2.75, 3.05) is 25.0 Å². The fraction of sp³-hybridized carbons (Fsp3) is 0.556. The van der Waals surface area contributed by atoms with E-state index in [-0.39, 0.29) is 41.0 Å². The molecule has 1 aromatic carbocycles. The van der Waals surface area contributed by atoms with Crippen LogP contribution in [0.2, 0.25) is 0 Å². The zero-order valence-corrected chi connectivity index (χ0v) is 17.1. The van der Waals surface area contributed by atoms with Gasteiger partial charge in [0.25, 0.3) is 0 Å². The van der Waals surface area contributed by atoms with Gasteiger partial charge >= 0.3 is 5.97 Å². The van der Waals surface area contributed by atoms with Crippen LogP contribution in [0.1, 0.15) is 33.1 Å². The van der Waals surface area contributed by atoms with Gasteiger partial charge in [0.2, 0.25) is 15.9 Å². The maximum Gasteiger partial charge on any atom is 0.309 e. The third-order valence-electron chi connectivity index (χ3n) is 4.74. The molecule has 0 spiro atoms. The lowest BCUT2D eigenvalue weighted by molar-refractivity contribution is -0.149. The number of nitrogens with one attached hydrogen (secondary N) is 1. The molecule has 1 N–H and O–H groups in total. The molecule has 148 valence electrons. The van der Waals surface area contributed by atoms with Gasteiger partial charge in [0.05, 0.1) is 23.1 Å². The van der Waals surface area contributed by atoms with Crippen molar-refractivity contribution in [1.29, 1.82) is 0 Å². The summed E-state index contributed by atoms with van der Waals surface area (Å²) >= 11 is 1.56. The molecule has 2 heterocycles. The molecule has 7 nitrogen and oxygen atoms in total. The fourth-order valence-electron chi connectivity index (χ4n) is 3.33. The van der Waals surface area contributed by atoms with Gasteiger partial charge in [0.1, 0.15) is 0 Å². The second-order valence-electron chi connectivity index (χ2n) is 6.77. The van der Waals surface area contributed by atoms with Crippen molar-refractivity contribution < 1.29 is 22.7 Å². The lowest BCUT2D eigenvalue weighted by atomic mass is 9.98. The number of benzene rings is 1. The average Bonchev–Trinajstić information content (AvgIpc) is 2.77. The number of thioether (sulfide) groups is 1. The quantitative estimate of drug-likeness (QED) is 0.764. The molecule has 1 amide bonds. The van der Waals surface area contributed by atoms with Gasteiger partial charge in [-0.1, -0.05) is 6.92 Å². The Morgan fingerprint density at radius 3 is 2.70 bits per heavy atom. The van der Waals surface area contributed by atoms with E-state index in [9.17, 15) is 18.0 Å². The number of ether oxygens (including phenoxy) is 1. The molecule has 0 saturated carbocycles. The third-order valence-corrected chi connectivity index (χ3v) is 7.81. The van der Waals surface area contributed by atoms with Crippen molar-refractivity contribution in [3.8, 4) is 0 Å². The van der Waals surface area contributed by atoms with Crippen molar-refractivity contribution in [2.45, 2.75) is 48.2 Å². The molecule has 2 aliphatic rings. The minimum absolute atomic E-state index is 0.112. The first-order chi connectivity index (χ1) is 12.8. The molecule has 0 bridgehead atoms. The molecule has 0 radical (unpaired) electrons. The Kier molecular flexibility index (Phi) is 6.12. The highest BCUT2D eigenvalue weighted by atomic mass is 32.2. The van der Waals surface area contributed by atoms with E-state index in [0.717, 1.165) is 4.90 Å². The molecule has 0 aliphatic carbocycles. The van der Waals surface area contributed by atoms with Crippen LogP contribution in [0.3, 0.4) is 0 Å². The number of piperidine rings is 1. The Balaban J connectivity index is 1.76. The summed E-state index contributed by atoms with van der Waals surface area (Å²) in [5.74, 6) is -0.618. The Hall–Kier alpha value is -1.58. The zero-order chi connectivity index (χ0) is 19.6. The number of amides is 1. The number of fused-ring (bicyclic) bond motifs is 1. The first-order valence-electron chi connectivity index (χ1n) is 9.08. The van der Waals surface area contributed by atoms with Crippen molar-refractivity contribution in [3.63, 3.8) is 0 Å². The van der Waals surface area contributed by atoms with Crippen LogP contribution in [-0.4, -0.2) is 49.5 Å². The maximum absolute atomic E-state index is 13.0. The van der Waals surface area contributed by atoms with E-state index in [1.165, 1.54) is 10.4 Å². The molecule has 1 atom stereocenters. The number of anilines is 1. The van der Waals surface area contributed by atoms with Crippen LogP contribution in [0.4, 0.5) is 5.69 Å². The number of sulfonamides is 1. The monoisotopic (exact) mass is 412 g/mol. The number of hydrogen-bond donors (Lipinski definition) is 1. The summed E-state index contributed by atoms with van der Waals surface area (Å²) in [5.41, 5.74) is 0.539. The molecule has 3 rings (SSSR count). The predicted molar refractivity (Wildman–Crippen MR) is 103 cm³/mol. The van der Waals surface area contributed by atoms with E-state index >= 15 is 0 Å². The summed E-state index contributed by atoms with van der Waals surface area (Å²) in [6.07, 6.45) is 1.29. The van der Waals surface area contributed by atoms with Crippen molar-refractivity contribution in [3.05, 3.63) is 18.2 Å². The van der Waals surface area contributed by atoms with Crippen molar-refractivity contribution in [2.24, 2.45) is 5.92 Å². The summed E-state index contributed by atoms with van der Waals surface area (Å²) in [7, 11) is -3.68. The molecule has 2 aliphatic heterocycles. The van der Waals surface area contributed by atoms with Crippen molar-refractivity contribution in [1.82, 2.24) is 4.31 Å². The Morgan fingerprint density at radius 2 is 2.04 bits per heavy atom. The highest BCUT2D eigenvalue weighted by molar-refractivity contribution is 8.00. The van der Waals surface area contributed by atoms with Crippen LogP contribution in [0.25, 0.3) is 0 Å². The molecule has 0 aromatic heterocycles. The van der Waals surface area contributed by atoms with Gasteiger partial charge in [-0.3, -0.25) is 9.59 Å². The summed E-state index contributed by atoms with van der Waals surface area (Å²) < 4.78 is 32.4. The fourth-order valence-corrected chi connectivity index (χ4v) is 5.88. The first-order valence-corrected chi connectivity index (χ1v) is 11.4. The molecule has 1 fully saturated rings. The Labute approximate surface area is 163 Å². The highest BCUT2D eigenvalue weighted by Gasteiger charge is 2.33. The first kappa shape index (κ1) is 20.2. The number of carbonyl (C=O) groups is 2. The van der Waals surface area contributed by atoms with Gasteiger partial charge in [-0.05, 0) is 38.0 Å². The number of carbonyl (C=O) groups excluding carboxylic acids is 2. The van der Waals surface area contributed by atoms with Gasteiger partial charge in [-0.15, -0.1) is 11.8 Å². The summed E-state index contributed by atoms with van der Waals surface area (Å²) in [6.45, 7) is 4.61. The van der Waals surface area contributed by atoms with E-state index in [0.29, 0.717) is 31.6 Å². The molecule has 27 heavy (non-hydrogen) atoms. The van der Waals surface area contributed by atoms with Crippen LogP contribution < -0.4 is 5.32 Å². The topological polar surface area (TPSA) is 92.8 Å². The molecule has 1 saturated heterocycles. The van der Waals surface area contributed by atoms with E-state index in [4.69, 9.17) is 4.74 Å². The van der Waals surface area contributed by atoms with E-state index in [2.05, 4.69) is 5.32 Å². The van der Waals surface area contributed by atoms with Gasteiger partial charge in [-0.25, -0.2) is 8.42 Å². The highest BCUT2D eigenvalue weighted by Crippen LogP contribution is 2.37. The molecular formula is C18H24N2O5S2. The van der Waals surface area contributed by atoms with Crippen LogP contribution >= 0.6 is 11.8 Å². The lowest BCUT2D eigenvalue weighted by Gasteiger charge is -2.30. The predicted octanol–water partition coefficient (Wildman–Crippen LogP) is 2.47. The van der Waals surface area contributed by atoms with Crippen LogP contribution in [0.5, 0.6) is 0 Å². The number of nitrogens with zero attached hydrogens (tertiary/aromatic N) is 1. The minimum Gasteiger partial charge on any atom is -0.466 e. The standard InChI is InChI=1S/C18H24N2O5S2/c1-3-25-18(22)13-6-8-20(9-7-13)27(23,24)14-4-5-16-15(11-14)19-17(21)10-12(2)26-16/h4-5,11-13H,3,6-10H2,1-2H3,(H,19,21). The largest absolute Gasteiger partial charge is 0.466 e. The second kappa shape index (κ2) is 8.20. The molecule has 9 heteroatoms. The zero-order valence-electron chi connectivity index (χ0n) is 15.4. The lowest BCUT2D eigenvalue weighted by Crippen LogP contribution is -2.40. The van der Waals surface area contributed by atoms with Crippen LogP contribution in [0.15, 0.2) is 28.0 Å². The normalized spacial score (nSPS) is 21.9. The van der Waals surface area contributed by atoms with Gasteiger partial charge in [0.15, 0.2) is 0 Å². The Bertz CT molecular complexity index is 832. The van der Waals surface area contributed by atoms with Crippen LogP contribution in [0, 0.1) is 5.92 Å². The van der Waals surface area contributed by atoms with E-state index in [1.807, 2.05) is 6.92 Å². The summed E-state index contributed by atoms with van der Waals surface area (Å²) in [6, 6.07) is 4.87.